The first-order valence-corrected chi connectivity index (χ1v) is 9.96. The van der Waals surface area contributed by atoms with Gasteiger partial charge in [0.25, 0.3) is 0 Å². The molecule has 2 aliphatic carbocycles. The van der Waals surface area contributed by atoms with Gasteiger partial charge in [0.2, 0.25) is 11.8 Å². The molecule has 4 atom stereocenters. The lowest BCUT2D eigenvalue weighted by molar-refractivity contribution is -0.123. The van der Waals surface area contributed by atoms with Crippen LogP contribution in [0, 0.1) is 23.7 Å². The Balaban J connectivity index is 1.31. The molecule has 1 saturated carbocycles. The zero-order chi connectivity index (χ0) is 20.8. The number of nitrogens with zero attached hydrogens (tertiary/aromatic N) is 1. The number of amides is 2. The molecule has 0 aromatic heterocycles. The molecule has 0 spiro atoms. The van der Waals surface area contributed by atoms with Gasteiger partial charge < -0.3 is 4.74 Å². The number of hydrogen-bond acceptors (Lipinski definition) is 5. The summed E-state index contributed by atoms with van der Waals surface area (Å²) in [7, 11) is 0. The Labute approximate surface area is 173 Å². The molecule has 30 heavy (non-hydrogen) atoms. The summed E-state index contributed by atoms with van der Waals surface area (Å²) in [6.07, 6.45) is 4.94. The number of anilines is 1. The number of ketones is 1. The Bertz CT molecular complexity index is 1060. The largest absolute Gasteiger partial charge is 0.454 e. The van der Waals surface area contributed by atoms with Crippen molar-refractivity contribution in [2.45, 2.75) is 6.42 Å². The topological polar surface area (TPSA) is 80.8 Å². The van der Waals surface area contributed by atoms with Crippen LogP contribution in [0.4, 0.5) is 5.69 Å². The van der Waals surface area contributed by atoms with Crippen LogP contribution >= 0.6 is 0 Å². The number of esters is 1. The number of carbonyl (C=O) groups excluding carboxylic acids is 4. The number of hydrogen-bond donors (Lipinski definition) is 0. The van der Waals surface area contributed by atoms with Gasteiger partial charge in [0.05, 0.1) is 23.1 Å². The monoisotopic (exact) mass is 401 g/mol. The third kappa shape index (κ3) is 2.87. The van der Waals surface area contributed by atoms with Crippen molar-refractivity contribution in [1.82, 2.24) is 0 Å². The highest BCUT2D eigenvalue weighted by molar-refractivity contribution is 6.23. The van der Waals surface area contributed by atoms with Crippen molar-refractivity contribution in [3.63, 3.8) is 0 Å². The maximum atomic E-state index is 13.0. The van der Waals surface area contributed by atoms with Crippen molar-refractivity contribution in [2.75, 3.05) is 11.5 Å². The number of allylic oxidation sites excluding steroid dienone is 2. The minimum Gasteiger partial charge on any atom is -0.454 e. The van der Waals surface area contributed by atoms with E-state index in [1.165, 1.54) is 17.0 Å². The fourth-order valence-electron chi connectivity index (χ4n) is 4.85. The van der Waals surface area contributed by atoms with Crippen LogP contribution < -0.4 is 4.90 Å². The molecule has 2 aromatic rings. The molecule has 1 aliphatic heterocycles. The van der Waals surface area contributed by atoms with Crippen molar-refractivity contribution in [2.24, 2.45) is 23.7 Å². The number of ether oxygens (including phenoxy) is 1. The summed E-state index contributed by atoms with van der Waals surface area (Å²) in [6, 6.07) is 14.8. The Morgan fingerprint density at radius 2 is 1.50 bits per heavy atom. The van der Waals surface area contributed by atoms with Crippen LogP contribution in [0.3, 0.4) is 0 Å². The van der Waals surface area contributed by atoms with Crippen LogP contribution in [0.15, 0.2) is 66.7 Å². The van der Waals surface area contributed by atoms with E-state index in [-0.39, 0.29) is 53.4 Å². The van der Waals surface area contributed by atoms with E-state index in [4.69, 9.17) is 4.74 Å². The molecule has 0 N–H and O–H groups in total. The zero-order valence-corrected chi connectivity index (χ0v) is 16.1. The maximum Gasteiger partial charge on any atom is 0.338 e. The summed E-state index contributed by atoms with van der Waals surface area (Å²) in [4.78, 5) is 51.7. The van der Waals surface area contributed by atoms with E-state index in [2.05, 4.69) is 0 Å². The molecule has 4 unspecified atom stereocenters. The Hall–Kier alpha value is -3.54. The van der Waals surface area contributed by atoms with Crippen LogP contribution in [0.5, 0.6) is 0 Å². The highest BCUT2D eigenvalue weighted by Gasteiger charge is 2.59. The molecule has 6 nitrogen and oxygen atoms in total. The average molecular weight is 401 g/mol. The number of fused-ring (bicyclic) bond motifs is 5. The van der Waals surface area contributed by atoms with Crippen LogP contribution in [0.25, 0.3) is 0 Å². The second-order valence-electron chi connectivity index (χ2n) is 7.93. The van der Waals surface area contributed by atoms with E-state index in [1.54, 1.807) is 42.5 Å². The summed E-state index contributed by atoms with van der Waals surface area (Å²) in [5.74, 6) is -1.74. The van der Waals surface area contributed by atoms with E-state index < -0.39 is 5.97 Å². The Kier molecular flexibility index (Phi) is 4.35. The summed E-state index contributed by atoms with van der Waals surface area (Å²) < 4.78 is 5.15. The number of carbonyl (C=O) groups is 4. The second kappa shape index (κ2) is 7.06. The van der Waals surface area contributed by atoms with Gasteiger partial charge in [-0.05, 0) is 36.5 Å². The highest BCUT2D eigenvalue weighted by atomic mass is 16.5. The second-order valence-corrected chi connectivity index (χ2v) is 7.93. The molecule has 0 radical (unpaired) electrons. The molecule has 6 heteroatoms. The molecule has 3 aliphatic rings. The SMILES string of the molecule is O=C(COC(=O)c1cccc(N2C(=O)C3C4C=CC(C4)C3C2=O)c1)c1ccccc1. The molecular weight excluding hydrogens is 382 g/mol. The Morgan fingerprint density at radius 1 is 0.867 bits per heavy atom. The molecular formula is C24H19NO5. The fraction of sp³-hybridized carbons (Fsp3) is 0.250. The summed E-state index contributed by atoms with van der Waals surface area (Å²) in [5, 5.41) is 0. The van der Waals surface area contributed by atoms with Crippen molar-refractivity contribution < 1.29 is 23.9 Å². The van der Waals surface area contributed by atoms with Crippen molar-refractivity contribution in [3.05, 3.63) is 77.9 Å². The normalized spacial score (nSPS) is 26.2. The predicted molar refractivity (Wildman–Crippen MR) is 108 cm³/mol. The molecule has 2 fully saturated rings. The minimum atomic E-state index is -0.679. The van der Waals surface area contributed by atoms with Gasteiger partial charge in [-0.3, -0.25) is 14.4 Å². The first-order chi connectivity index (χ1) is 14.5. The number of Topliss-reactive ketones (excluding diaryl/α,β-unsaturated/α-hetero) is 1. The number of benzene rings is 2. The molecule has 1 heterocycles. The quantitative estimate of drug-likeness (QED) is 0.333. The molecule has 150 valence electrons. The van der Waals surface area contributed by atoms with Gasteiger partial charge in [0, 0.05) is 5.56 Å². The van der Waals surface area contributed by atoms with E-state index in [0.717, 1.165) is 6.42 Å². The van der Waals surface area contributed by atoms with Crippen LogP contribution in [-0.2, 0) is 14.3 Å². The fourth-order valence-corrected chi connectivity index (χ4v) is 4.85. The molecule has 2 aromatic carbocycles. The van der Waals surface area contributed by atoms with Crippen molar-refractivity contribution in [1.29, 1.82) is 0 Å². The lowest BCUT2D eigenvalue weighted by Gasteiger charge is -2.18. The van der Waals surface area contributed by atoms with Gasteiger partial charge in [0.15, 0.2) is 12.4 Å². The van der Waals surface area contributed by atoms with E-state index >= 15 is 0 Å². The minimum absolute atomic E-state index is 0.124. The third-order valence-electron chi connectivity index (χ3n) is 6.24. The number of rotatable bonds is 5. The van der Waals surface area contributed by atoms with Gasteiger partial charge in [-0.1, -0.05) is 48.6 Å². The summed E-state index contributed by atoms with van der Waals surface area (Å²) in [5.41, 5.74) is 1.01. The van der Waals surface area contributed by atoms with Crippen LogP contribution in [0.2, 0.25) is 0 Å². The lowest BCUT2D eigenvalue weighted by atomic mass is 9.85. The standard InChI is InChI=1S/C24H19NO5/c26-19(14-5-2-1-3-6-14)13-30-24(29)17-7-4-8-18(12-17)25-22(27)20-15-9-10-16(11-15)21(20)23(25)28/h1-10,12,15-16,20-21H,11,13H2. The van der Waals surface area contributed by atoms with Crippen LogP contribution in [-0.4, -0.2) is 30.2 Å². The molecule has 2 bridgehead atoms. The summed E-state index contributed by atoms with van der Waals surface area (Å²) >= 11 is 0. The third-order valence-corrected chi connectivity index (χ3v) is 6.24. The van der Waals surface area contributed by atoms with Gasteiger partial charge >= 0.3 is 5.97 Å². The smallest absolute Gasteiger partial charge is 0.338 e. The Morgan fingerprint density at radius 3 is 2.17 bits per heavy atom. The lowest BCUT2D eigenvalue weighted by Crippen LogP contribution is -2.33. The first-order valence-electron chi connectivity index (χ1n) is 9.96. The average Bonchev–Trinajstić information content (AvgIpc) is 3.46. The summed E-state index contributed by atoms with van der Waals surface area (Å²) in [6.45, 7) is -0.381. The van der Waals surface area contributed by atoms with Gasteiger partial charge in [-0.25, -0.2) is 9.69 Å². The maximum absolute atomic E-state index is 13.0. The van der Waals surface area contributed by atoms with Gasteiger partial charge in [-0.15, -0.1) is 0 Å². The van der Waals surface area contributed by atoms with Gasteiger partial charge in [0.1, 0.15) is 0 Å². The highest BCUT2D eigenvalue weighted by Crippen LogP contribution is 2.53. The van der Waals surface area contributed by atoms with Crippen molar-refractivity contribution >= 4 is 29.3 Å². The van der Waals surface area contributed by atoms with E-state index in [9.17, 15) is 19.2 Å². The van der Waals surface area contributed by atoms with E-state index in [1.807, 2.05) is 12.2 Å². The molecule has 1 saturated heterocycles. The number of imide groups is 1. The van der Waals surface area contributed by atoms with Crippen LogP contribution in [0.1, 0.15) is 27.1 Å². The van der Waals surface area contributed by atoms with Crippen molar-refractivity contribution in [3.8, 4) is 0 Å². The first kappa shape index (κ1) is 18.5. The zero-order valence-electron chi connectivity index (χ0n) is 16.1. The molecule has 2 amide bonds. The molecule has 5 rings (SSSR count). The van der Waals surface area contributed by atoms with Gasteiger partial charge in [-0.2, -0.15) is 0 Å². The predicted octanol–water partition coefficient (Wildman–Crippen LogP) is 3.04. The van der Waals surface area contributed by atoms with E-state index in [0.29, 0.717) is 11.3 Å².